The molecule has 1 N–H and O–H groups in total. The second-order valence-electron chi connectivity index (χ2n) is 7.20. The molecule has 1 saturated heterocycles. The normalized spacial score (nSPS) is 24.4. The van der Waals surface area contributed by atoms with Gasteiger partial charge in [0.25, 0.3) is 0 Å². The highest BCUT2D eigenvalue weighted by atomic mass is 35.5. The van der Waals surface area contributed by atoms with Crippen molar-refractivity contribution in [2.45, 2.75) is 58.4 Å². The summed E-state index contributed by atoms with van der Waals surface area (Å²) in [7, 11) is 0. The van der Waals surface area contributed by atoms with Crippen LogP contribution in [-0.2, 0) is 6.42 Å². The summed E-state index contributed by atoms with van der Waals surface area (Å²) in [6, 6.07) is 8.35. The van der Waals surface area contributed by atoms with Crippen molar-refractivity contribution >= 4 is 11.6 Å². The van der Waals surface area contributed by atoms with E-state index in [0.717, 1.165) is 18.0 Å². The monoisotopic (exact) mass is 279 g/mol. The number of hydrogen-bond acceptors (Lipinski definition) is 1. The van der Waals surface area contributed by atoms with Gasteiger partial charge in [-0.3, -0.25) is 0 Å². The van der Waals surface area contributed by atoms with Crippen LogP contribution in [0.4, 0.5) is 0 Å². The van der Waals surface area contributed by atoms with Crippen LogP contribution in [0.25, 0.3) is 0 Å². The molecule has 1 aliphatic heterocycles. The summed E-state index contributed by atoms with van der Waals surface area (Å²) >= 11 is 5.98. The van der Waals surface area contributed by atoms with E-state index >= 15 is 0 Å². The first kappa shape index (κ1) is 14.9. The first-order chi connectivity index (χ1) is 8.89. The van der Waals surface area contributed by atoms with Gasteiger partial charge < -0.3 is 5.32 Å². The van der Waals surface area contributed by atoms with Crippen LogP contribution in [0.15, 0.2) is 24.3 Å². The topological polar surface area (TPSA) is 12.0 Å². The molecule has 1 unspecified atom stereocenters. The highest BCUT2D eigenvalue weighted by molar-refractivity contribution is 6.30. The lowest BCUT2D eigenvalue weighted by atomic mass is 9.72. The fourth-order valence-electron chi connectivity index (χ4n) is 3.40. The van der Waals surface area contributed by atoms with Gasteiger partial charge in [-0.15, -0.1) is 0 Å². The van der Waals surface area contributed by atoms with Crippen LogP contribution in [0.3, 0.4) is 0 Å². The molecule has 1 heterocycles. The van der Waals surface area contributed by atoms with Gasteiger partial charge in [-0.1, -0.05) is 50.9 Å². The molecule has 0 amide bonds. The molecule has 1 atom stereocenters. The summed E-state index contributed by atoms with van der Waals surface area (Å²) in [4.78, 5) is 0. The molecule has 0 aromatic heterocycles. The quantitative estimate of drug-likeness (QED) is 0.835. The molecule has 1 fully saturated rings. The average molecular weight is 280 g/mol. The molecule has 2 heteroatoms. The van der Waals surface area contributed by atoms with Crippen molar-refractivity contribution in [1.82, 2.24) is 5.32 Å². The zero-order chi connectivity index (χ0) is 13.9. The van der Waals surface area contributed by atoms with Gasteiger partial charge in [0.2, 0.25) is 0 Å². The summed E-state index contributed by atoms with van der Waals surface area (Å²) in [5.41, 5.74) is 2.02. The minimum atomic E-state index is 0.268. The van der Waals surface area contributed by atoms with Gasteiger partial charge >= 0.3 is 0 Å². The van der Waals surface area contributed by atoms with Crippen molar-refractivity contribution < 1.29 is 0 Å². The van der Waals surface area contributed by atoms with E-state index in [-0.39, 0.29) is 5.54 Å². The van der Waals surface area contributed by atoms with Crippen molar-refractivity contribution in [1.29, 1.82) is 0 Å². The third kappa shape index (κ3) is 4.50. The first-order valence-corrected chi connectivity index (χ1v) is 7.76. The predicted octanol–water partition coefficient (Wildman–Crippen LogP) is 4.83. The zero-order valence-electron chi connectivity index (χ0n) is 12.4. The van der Waals surface area contributed by atoms with E-state index < -0.39 is 0 Å². The highest BCUT2D eigenvalue weighted by Crippen LogP contribution is 2.35. The summed E-state index contributed by atoms with van der Waals surface area (Å²) in [5, 5.41) is 4.64. The predicted molar refractivity (Wildman–Crippen MR) is 83.8 cm³/mol. The molecule has 2 rings (SSSR count). The lowest BCUT2D eigenvalue weighted by Crippen LogP contribution is -2.52. The van der Waals surface area contributed by atoms with Crippen molar-refractivity contribution in [2.24, 2.45) is 5.41 Å². The van der Waals surface area contributed by atoms with Crippen molar-refractivity contribution in [2.75, 3.05) is 6.54 Å². The third-order valence-corrected chi connectivity index (χ3v) is 4.16. The van der Waals surface area contributed by atoms with Crippen molar-refractivity contribution in [3.8, 4) is 0 Å². The molecular weight excluding hydrogens is 254 g/mol. The lowest BCUT2D eigenvalue weighted by molar-refractivity contribution is 0.168. The molecule has 1 aromatic carbocycles. The van der Waals surface area contributed by atoms with Gasteiger partial charge in [-0.25, -0.2) is 0 Å². The average Bonchev–Trinajstić information content (AvgIpc) is 2.31. The number of piperidine rings is 1. The van der Waals surface area contributed by atoms with Crippen LogP contribution in [0.5, 0.6) is 0 Å². The van der Waals surface area contributed by atoms with Gasteiger partial charge in [0.1, 0.15) is 0 Å². The van der Waals surface area contributed by atoms with Gasteiger partial charge in [-0.2, -0.15) is 0 Å². The Morgan fingerprint density at radius 3 is 2.37 bits per heavy atom. The van der Waals surface area contributed by atoms with E-state index in [2.05, 4.69) is 38.2 Å². The Morgan fingerprint density at radius 2 is 1.84 bits per heavy atom. The molecule has 1 aromatic rings. The fraction of sp³-hybridized carbons (Fsp3) is 0.647. The molecule has 0 aliphatic carbocycles. The third-order valence-electron chi connectivity index (χ3n) is 3.91. The van der Waals surface area contributed by atoms with Crippen LogP contribution >= 0.6 is 11.6 Å². The van der Waals surface area contributed by atoms with Gasteiger partial charge in [-0.05, 0) is 55.3 Å². The van der Waals surface area contributed by atoms with E-state index in [0.29, 0.717) is 5.41 Å². The van der Waals surface area contributed by atoms with E-state index in [1.54, 1.807) is 0 Å². The summed E-state index contributed by atoms with van der Waals surface area (Å²) < 4.78 is 0. The number of hydrogen-bond donors (Lipinski definition) is 1. The maximum atomic E-state index is 5.98. The largest absolute Gasteiger partial charge is 0.311 e. The smallest absolute Gasteiger partial charge is 0.0406 e. The van der Waals surface area contributed by atoms with Crippen LogP contribution in [-0.4, -0.2) is 12.1 Å². The summed E-state index contributed by atoms with van der Waals surface area (Å²) in [6.07, 6.45) is 6.28. The molecule has 0 bridgehead atoms. The Kier molecular flexibility index (Phi) is 4.58. The Bertz CT molecular complexity index is 396. The lowest BCUT2D eigenvalue weighted by Gasteiger charge is -2.43. The maximum absolute atomic E-state index is 5.98. The van der Waals surface area contributed by atoms with E-state index in [4.69, 9.17) is 11.6 Å². The van der Waals surface area contributed by atoms with E-state index in [1.165, 1.54) is 31.2 Å². The Balaban J connectivity index is 2.15. The molecule has 0 spiro atoms. The van der Waals surface area contributed by atoms with E-state index in [9.17, 15) is 0 Å². The summed E-state index contributed by atoms with van der Waals surface area (Å²) in [6.45, 7) is 8.18. The SMILES string of the molecule is CC(C)(C)CC1(Cc2ccc(Cl)cc2)CCCCN1. The van der Waals surface area contributed by atoms with Gasteiger partial charge in [0.15, 0.2) is 0 Å². The van der Waals surface area contributed by atoms with Crippen molar-refractivity contribution in [3.63, 3.8) is 0 Å². The second-order valence-corrected chi connectivity index (χ2v) is 7.64. The Morgan fingerprint density at radius 1 is 1.16 bits per heavy atom. The van der Waals surface area contributed by atoms with Crippen LogP contribution in [0.1, 0.15) is 52.0 Å². The van der Waals surface area contributed by atoms with Crippen molar-refractivity contribution in [3.05, 3.63) is 34.9 Å². The molecule has 19 heavy (non-hydrogen) atoms. The molecule has 0 saturated carbocycles. The minimum Gasteiger partial charge on any atom is -0.311 e. The zero-order valence-corrected chi connectivity index (χ0v) is 13.2. The summed E-state index contributed by atoms with van der Waals surface area (Å²) in [5.74, 6) is 0. The van der Waals surface area contributed by atoms with Crippen LogP contribution in [0, 0.1) is 5.41 Å². The molecular formula is C17H26ClN. The highest BCUT2D eigenvalue weighted by Gasteiger charge is 2.35. The molecule has 0 radical (unpaired) electrons. The number of rotatable bonds is 3. The van der Waals surface area contributed by atoms with Gasteiger partial charge in [0, 0.05) is 10.6 Å². The standard InChI is InChI=1S/C17H26ClN/c1-16(2,3)13-17(10-4-5-11-19-17)12-14-6-8-15(18)9-7-14/h6-9,19H,4-5,10-13H2,1-3H3. The molecule has 106 valence electrons. The number of nitrogens with one attached hydrogen (secondary N) is 1. The Labute approximate surface area is 122 Å². The minimum absolute atomic E-state index is 0.268. The van der Waals surface area contributed by atoms with Crippen LogP contribution < -0.4 is 5.32 Å². The fourth-order valence-corrected chi connectivity index (χ4v) is 3.53. The molecule has 1 nitrogen and oxygen atoms in total. The number of halogens is 1. The van der Waals surface area contributed by atoms with E-state index in [1.807, 2.05) is 12.1 Å². The van der Waals surface area contributed by atoms with Crippen LogP contribution in [0.2, 0.25) is 5.02 Å². The maximum Gasteiger partial charge on any atom is 0.0406 e. The van der Waals surface area contributed by atoms with Gasteiger partial charge in [0.05, 0.1) is 0 Å². The Hall–Kier alpha value is -0.530. The number of benzene rings is 1. The molecule has 1 aliphatic rings. The second kappa shape index (κ2) is 5.85. The first-order valence-electron chi connectivity index (χ1n) is 7.38.